The average molecular weight is 435 g/mol. The molecule has 0 N–H and O–H groups in total. The summed E-state index contributed by atoms with van der Waals surface area (Å²) in [5.74, 6) is -0.241. The predicted octanol–water partition coefficient (Wildman–Crippen LogP) is 6.46. The van der Waals surface area contributed by atoms with Crippen molar-refractivity contribution in [2.24, 2.45) is 0 Å². The van der Waals surface area contributed by atoms with Gasteiger partial charge in [0.05, 0.1) is 21.4 Å². The van der Waals surface area contributed by atoms with E-state index in [1.165, 1.54) is 10.8 Å². The maximum absolute atomic E-state index is 12.4. The van der Waals surface area contributed by atoms with Crippen molar-refractivity contribution in [2.75, 3.05) is 0 Å². The topological polar surface area (TPSA) is 44.1 Å². The third-order valence-corrected chi connectivity index (χ3v) is 5.05. The molecule has 0 bridgehead atoms. The molecule has 4 rings (SSSR count). The summed E-state index contributed by atoms with van der Waals surface area (Å²) < 4.78 is 7.12. The highest BCUT2D eigenvalue weighted by Crippen LogP contribution is 2.30. The molecule has 0 saturated heterocycles. The van der Waals surface area contributed by atoms with Gasteiger partial charge >= 0.3 is 5.97 Å². The van der Waals surface area contributed by atoms with Gasteiger partial charge in [-0.25, -0.2) is 4.79 Å². The van der Waals surface area contributed by atoms with E-state index in [4.69, 9.17) is 27.9 Å². The van der Waals surface area contributed by atoms with Gasteiger partial charge in [-0.05, 0) is 29.8 Å². The first-order valence-corrected chi connectivity index (χ1v) is 9.91. The van der Waals surface area contributed by atoms with Crippen LogP contribution in [0.2, 0.25) is 10.0 Å². The maximum atomic E-state index is 12.4. The fraction of sp³-hybridized carbons (Fsp3) is 0. The van der Waals surface area contributed by atoms with E-state index in [9.17, 15) is 4.79 Å². The third-order valence-electron chi connectivity index (χ3n) is 4.31. The summed E-state index contributed by atoms with van der Waals surface area (Å²) in [7, 11) is 0. The molecule has 6 heteroatoms. The summed E-state index contributed by atoms with van der Waals surface area (Å²) in [6.07, 6.45) is 3.07. The van der Waals surface area contributed by atoms with E-state index in [1.54, 1.807) is 30.3 Å². The summed E-state index contributed by atoms with van der Waals surface area (Å²) in [5.41, 5.74) is 3.09. The Morgan fingerprint density at radius 3 is 2.27 bits per heavy atom. The lowest BCUT2D eigenvalue weighted by molar-refractivity contribution is -0.129. The molecule has 0 spiro atoms. The highest BCUT2D eigenvalue weighted by Gasteiger charge is 2.15. The molecule has 30 heavy (non-hydrogen) atoms. The zero-order chi connectivity index (χ0) is 20.9. The number of rotatable bonds is 5. The highest BCUT2D eigenvalue weighted by molar-refractivity contribution is 6.42. The number of carbonyl (C=O) groups is 1. The van der Waals surface area contributed by atoms with Crippen molar-refractivity contribution in [1.82, 2.24) is 9.78 Å². The van der Waals surface area contributed by atoms with Crippen LogP contribution in [-0.2, 0) is 4.79 Å². The van der Waals surface area contributed by atoms with Crippen LogP contribution in [0.1, 0.15) is 5.56 Å². The van der Waals surface area contributed by atoms with Crippen LogP contribution in [-0.4, -0.2) is 15.7 Å². The van der Waals surface area contributed by atoms with Crippen LogP contribution in [0.3, 0.4) is 0 Å². The Kier molecular flexibility index (Phi) is 5.98. The van der Waals surface area contributed by atoms with Gasteiger partial charge in [-0.3, -0.25) is 0 Å². The van der Waals surface area contributed by atoms with Crippen LogP contribution in [0.15, 0.2) is 91.0 Å². The largest absolute Gasteiger partial charge is 0.404 e. The van der Waals surface area contributed by atoms with Gasteiger partial charge in [0.15, 0.2) is 0 Å². The third kappa shape index (κ3) is 4.62. The molecule has 1 aromatic heterocycles. The predicted molar refractivity (Wildman–Crippen MR) is 120 cm³/mol. The number of ether oxygens (including phenoxy) is 1. The number of halogens is 2. The van der Waals surface area contributed by atoms with Gasteiger partial charge in [0.1, 0.15) is 0 Å². The summed E-state index contributed by atoms with van der Waals surface area (Å²) in [6.45, 7) is 0. The van der Waals surface area contributed by atoms with Crippen molar-refractivity contribution in [1.29, 1.82) is 0 Å². The first-order valence-electron chi connectivity index (χ1n) is 9.16. The van der Waals surface area contributed by atoms with E-state index in [-0.39, 0.29) is 5.88 Å². The van der Waals surface area contributed by atoms with Gasteiger partial charge in [-0.2, -0.15) is 9.78 Å². The van der Waals surface area contributed by atoms with Gasteiger partial charge in [0.2, 0.25) is 5.88 Å². The lowest BCUT2D eigenvalue weighted by Crippen LogP contribution is -2.08. The van der Waals surface area contributed by atoms with E-state index in [1.807, 2.05) is 60.7 Å². The van der Waals surface area contributed by atoms with Crippen LogP contribution in [0, 0.1) is 0 Å². The number of hydrogen-bond acceptors (Lipinski definition) is 3. The highest BCUT2D eigenvalue weighted by atomic mass is 35.5. The van der Waals surface area contributed by atoms with Gasteiger partial charge in [-0.1, -0.05) is 83.9 Å². The summed E-state index contributed by atoms with van der Waals surface area (Å²) in [5, 5.41) is 5.42. The number of aromatic nitrogens is 2. The molecule has 3 aromatic carbocycles. The second-order valence-corrected chi connectivity index (χ2v) is 7.22. The molecule has 0 aliphatic heterocycles. The van der Waals surface area contributed by atoms with E-state index < -0.39 is 5.97 Å². The normalized spacial score (nSPS) is 11.0. The summed E-state index contributed by atoms with van der Waals surface area (Å²) >= 11 is 12.2. The van der Waals surface area contributed by atoms with Crippen LogP contribution in [0.5, 0.6) is 5.88 Å². The van der Waals surface area contributed by atoms with E-state index in [0.29, 0.717) is 21.4 Å². The molecule has 0 amide bonds. The molecule has 4 aromatic rings. The van der Waals surface area contributed by atoms with Gasteiger partial charge in [-0.15, -0.1) is 0 Å². The van der Waals surface area contributed by atoms with Gasteiger partial charge in [0, 0.05) is 17.7 Å². The minimum absolute atomic E-state index is 0.273. The molecule has 0 radical (unpaired) electrons. The van der Waals surface area contributed by atoms with Crippen LogP contribution < -0.4 is 4.74 Å². The quantitative estimate of drug-likeness (QED) is 0.267. The fourth-order valence-electron chi connectivity index (χ4n) is 2.85. The lowest BCUT2D eigenvalue weighted by Gasteiger charge is -2.07. The molecule has 0 atom stereocenters. The van der Waals surface area contributed by atoms with Crippen molar-refractivity contribution in [3.05, 3.63) is 107 Å². The number of esters is 1. The van der Waals surface area contributed by atoms with Crippen molar-refractivity contribution in [3.8, 4) is 22.8 Å². The molecule has 4 nitrogen and oxygen atoms in total. The SMILES string of the molecule is O=C(C=Cc1ccccc1)Oc1cc(-c2ccccc2)nn1-c1ccc(Cl)c(Cl)c1. The minimum atomic E-state index is -0.514. The Morgan fingerprint density at radius 1 is 0.867 bits per heavy atom. The zero-order valence-corrected chi connectivity index (χ0v) is 17.2. The average Bonchev–Trinajstić information content (AvgIpc) is 3.19. The van der Waals surface area contributed by atoms with Crippen molar-refractivity contribution in [2.45, 2.75) is 0 Å². The second-order valence-electron chi connectivity index (χ2n) is 6.41. The molecule has 0 aliphatic carbocycles. The first kappa shape index (κ1) is 20.0. The Hall–Kier alpha value is -3.34. The minimum Gasteiger partial charge on any atom is -0.404 e. The van der Waals surface area contributed by atoms with Crippen molar-refractivity contribution in [3.63, 3.8) is 0 Å². The molecule has 1 heterocycles. The molecule has 0 fully saturated rings. The smallest absolute Gasteiger partial charge is 0.337 e. The molecule has 0 unspecified atom stereocenters. The van der Waals surface area contributed by atoms with E-state index in [0.717, 1.165) is 11.1 Å². The number of hydrogen-bond donors (Lipinski definition) is 0. The van der Waals surface area contributed by atoms with Crippen molar-refractivity contribution < 1.29 is 9.53 Å². The molecular formula is C24H16Cl2N2O2. The van der Waals surface area contributed by atoms with Gasteiger partial charge < -0.3 is 4.74 Å². The first-order chi connectivity index (χ1) is 14.6. The Bertz CT molecular complexity index is 1200. The number of benzene rings is 3. The van der Waals surface area contributed by atoms with E-state index in [2.05, 4.69) is 5.10 Å². The maximum Gasteiger partial charge on any atom is 0.337 e. The molecule has 148 valence electrons. The lowest BCUT2D eigenvalue weighted by atomic mass is 10.2. The summed E-state index contributed by atoms with van der Waals surface area (Å²) in [4.78, 5) is 12.4. The van der Waals surface area contributed by atoms with Crippen LogP contribution in [0.25, 0.3) is 23.0 Å². The Morgan fingerprint density at radius 2 is 1.57 bits per heavy atom. The Balaban J connectivity index is 1.68. The monoisotopic (exact) mass is 434 g/mol. The molecule has 0 aliphatic rings. The van der Waals surface area contributed by atoms with Crippen molar-refractivity contribution >= 4 is 35.2 Å². The van der Waals surface area contributed by atoms with E-state index >= 15 is 0 Å². The van der Waals surface area contributed by atoms with Crippen LogP contribution in [0.4, 0.5) is 0 Å². The van der Waals surface area contributed by atoms with Gasteiger partial charge in [0.25, 0.3) is 0 Å². The number of nitrogens with zero attached hydrogens (tertiary/aromatic N) is 2. The number of carbonyl (C=O) groups excluding carboxylic acids is 1. The second kappa shape index (κ2) is 8.99. The molecule has 0 saturated carbocycles. The standard InChI is InChI=1S/C24H16Cl2N2O2/c25-20-13-12-19(15-21(20)26)28-23(16-22(27-28)18-9-5-2-6-10-18)30-24(29)14-11-17-7-3-1-4-8-17/h1-16H. The Labute approximate surface area is 183 Å². The fourth-order valence-corrected chi connectivity index (χ4v) is 3.15. The summed E-state index contributed by atoms with van der Waals surface area (Å²) in [6, 6.07) is 26.0. The molecular weight excluding hydrogens is 419 g/mol. The zero-order valence-electron chi connectivity index (χ0n) is 15.7. The van der Waals surface area contributed by atoms with Crippen LogP contribution >= 0.6 is 23.2 Å².